The van der Waals surface area contributed by atoms with Gasteiger partial charge in [0.1, 0.15) is 0 Å². The molecule has 0 atom stereocenters. The summed E-state index contributed by atoms with van der Waals surface area (Å²) in [6.07, 6.45) is 6.57. The SMILES string of the molecule is CC(C)(CCCc1ccc(CCCc2ccccc2)s1)C(=O)N1CCOCC1. The lowest BCUT2D eigenvalue weighted by Gasteiger charge is -2.34. The maximum absolute atomic E-state index is 12.8. The zero-order chi connectivity index (χ0) is 19.8. The minimum Gasteiger partial charge on any atom is -0.378 e. The van der Waals surface area contributed by atoms with E-state index in [0.717, 1.165) is 45.2 Å². The maximum atomic E-state index is 12.8. The van der Waals surface area contributed by atoms with E-state index in [1.165, 1.54) is 21.7 Å². The number of rotatable bonds is 9. The molecule has 0 aliphatic carbocycles. The second-order valence-electron chi connectivity index (χ2n) is 8.35. The van der Waals surface area contributed by atoms with Crippen molar-refractivity contribution in [3.8, 4) is 0 Å². The minimum atomic E-state index is -0.285. The first kappa shape index (κ1) is 21.1. The van der Waals surface area contributed by atoms with Crippen LogP contribution >= 0.6 is 11.3 Å². The molecular formula is C24H33NO2S. The summed E-state index contributed by atoms with van der Waals surface area (Å²) in [4.78, 5) is 17.7. The standard InChI is InChI=1S/C24H33NO2S/c1-24(2,23(26)25-16-18-27-19-17-25)15-7-12-22-14-13-21(28-22)11-6-10-20-8-4-3-5-9-20/h3-5,8-9,13-14H,6-7,10-12,15-19H2,1-2H3. The van der Waals surface area contributed by atoms with E-state index < -0.39 is 0 Å². The van der Waals surface area contributed by atoms with Crippen LogP contribution in [0.2, 0.25) is 0 Å². The van der Waals surface area contributed by atoms with E-state index in [0.29, 0.717) is 13.2 Å². The highest BCUT2D eigenvalue weighted by molar-refractivity contribution is 7.11. The predicted molar refractivity (Wildman–Crippen MR) is 117 cm³/mol. The van der Waals surface area contributed by atoms with Crippen molar-refractivity contribution in [3.05, 3.63) is 57.8 Å². The minimum absolute atomic E-state index is 0.281. The maximum Gasteiger partial charge on any atom is 0.228 e. The fourth-order valence-electron chi connectivity index (χ4n) is 3.81. The molecule has 4 heteroatoms. The van der Waals surface area contributed by atoms with Crippen LogP contribution in [-0.4, -0.2) is 37.1 Å². The van der Waals surface area contributed by atoms with E-state index in [9.17, 15) is 4.79 Å². The van der Waals surface area contributed by atoms with Crippen LogP contribution in [0.3, 0.4) is 0 Å². The van der Waals surface area contributed by atoms with Crippen molar-refractivity contribution in [1.82, 2.24) is 4.90 Å². The number of aryl methyl sites for hydroxylation is 3. The number of hydrogen-bond acceptors (Lipinski definition) is 3. The number of carbonyl (C=O) groups excluding carboxylic acids is 1. The third-order valence-corrected chi connectivity index (χ3v) is 6.76. The first-order chi connectivity index (χ1) is 13.5. The molecule has 28 heavy (non-hydrogen) atoms. The molecule has 0 spiro atoms. The highest BCUT2D eigenvalue weighted by atomic mass is 32.1. The molecule has 0 unspecified atom stereocenters. The van der Waals surface area contributed by atoms with Gasteiger partial charge in [0.05, 0.1) is 13.2 Å². The highest BCUT2D eigenvalue weighted by Crippen LogP contribution is 2.28. The second-order valence-corrected chi connectivity index (χ2v) is 9.60. The van der Waals surface area contributed by atoms with Crippen LogP contribution in [0.1, 0.15) is 48.4 Å². The van der Waals surface area contributed by atoms with E-state index >= 15 is 0 Å². The zero-order valence-corrected chi connectivity index (χ0v) is 18.1. The van der Waals surface area contributed by atoms with Crippen LogP contribution < -0.4 is 0 Å². The van der Waals surface area contributed by atoms with Crippen molar-refractivity contribution < 1.29 is 9.53 Å². The fourth-order valence-corrected chi connectivity index (χ4v) is 4.91. The van der Waals surface area contributed by atoms with Gasteiger partial charge in [-0.3, -0.25) is 4.79 Å². The molecular weight excluding hydrogens is 366 g/mol. The molecule has 1 aromatic heterocycles. The summed E-state index contributed by atoms with van der Waals surface area (Å²) in [6, 6.07) is 15.3. The first-order valence-electron chi connectivity index (χ1n) is 10.5. The number of carbonyl (C=O) groups is 1. The molecule has 1 aliphatic heterocycles. The summed E-state index contributed by atoms with van der Waals surface area (Å²) in [7, 11) is 0. The van der Waals surface area contributed by atoms with Crippen LogP contribution in [0.5, 0.6) is 0 Å². The third kappa shape index (κ3) is 6.18. The normalized spacial score (nSPS) is 15.0. The molecule has 1 aliphatic rings. The third-order valence-electron chi connectivity index (χ3n) is 5.55. The molecule has 0 N–H and O–H groups in total. The van der Waals surface area contributed by atoms with Gasteiger partial charge < -0.3 is 9.64 Å². The van der Waals surface area contributed by atoms with Crippen molar-refractivity contribution in [3.63, 3.8) is 0 Å². The van der Waals surface area contributed by atoms with E-state index in [4.69, 9.17) is 4.74 Å². The van der Waals surface area contributed by atoms with Gasteiger partial charge in [0.25, 0.3) is 0 Å². The average molecular weight is 400 g/mol. The molecule has 152 valence electrons. The van der Waals surface area contributed by atoms with Gasteiger partial charge in [0.15, 0.2) is 0 Å². The van der Waals surface area contributed by atoms with Crippen LogP contribution in [-0.2, 0) is 28.8 Å². The molecule has 0 saturated carbocycles. The summed E-state index contributed by atoms with van der Waals surface area (Å²) >= 11 is 1.94. The summed E-state index contributed by atoms with van der Waals surface area (Å²) in [6.45, 7) is 7.00. The quantitative estimate of drug-likeness (QED) is 0.585. The average Bonchev–Trinajstić information content (AvgIpc) is 3.16. The largest absolute Gasteiger partial charge is 0.378 e. The van der Waals surface area contributed by atoms with Crippen molar-refractivity contribution in [2.24, 2.45) is 5.41 Å². The Morgan fingerprint density at radius 2 is 1.61 bits per heavy atom. The van der Waals surface area contributed by atoms with Crippen molar-refractivity contribution in [1.29, 1.82) is 0 Å². The van der Waals surface area contributed by atoms with Crippen molar-refractivity contribution >= 4 is 17.2 Å². The van der Waals surface area contributed by atoms with E-state index in [1.54, 1.807) is 0 Å². The topological polar surface area (TPSA) is 29.5 Å². The predicted octanol–water partition coefficient (Wildman–Crippen LogP) is 5.13. The number of nitrogens with zero attached hydrogens (tertiary/aromatic N) is 1. The van der Waals surface area contributed by atoms with Crippen LogP contribution in [0.15, 0.2) is 42.5 Å². The van der Waals surface area contributed by atoms with E-state index in [2.05, 4.69) is 56.3 Å². The number of thiophene rings is 1. The molecule has 1 saturated heterocycles. The second kappa shape index (κ2) is 10.2. The van der Waals surface area contributed by atoms with Gasteiger partial charge in [-0.2, -0.15) is 0 Å². The highest BCUT2D eigenvalue weighted by Gasteiger charge is 2.32. The lowest BCUT2D eigenvalue weighted by molar-refractivity contribution is -0.144. The molecule has 3 nitrogen and oxygen atoms in total. The van der Waals surface area contributed by atoms with Crippen LogP contribution in [0.4, 0.5) is 0 Å². The number of ether oxygens (including phenoxy) is 1. The van der Waals surface area contributed by atoms with Gasteiger partial charge >= 0.3 is 0 Å². The molecule has 1 aromatic carbocycles. The Balaban J connectivity index is 1.39. The lowest BCUT2D eigenvalue weighted by Crippen LogP contribution is -2.46. The van der Waals surface area contributed by atoms with Crippen LogP contribution in [0.25, 0.3) is 0 Å². The summed E-state index contributed by atoms with van der Waals surface area (Å²) in [5.41, 5.74) is 1.14. The van der Waals surface area contributed by atoms with Gasteiger partial charge in [0, 0.05) is 28.3 Å². The van der Waals surface area contributed by atoms with Crippen molar-refractivity contribution in [2.45, 2.75) is 52.4 Å². The van der Waals surface area contributed by atoms with Gasteiger partial charge in [0.2, 0.25) is 5.91 Å². The zero-order valence-electron chi connectivity index (χ0n) is 17.3. The Labute approximate surface area is 173 Å². The summed E-state index contributed by atoms with van der Waals surface area (Å²) in [5, 5.41) is 0. The molecule has 3 rings (SSSR count). The Hall–Kier alpha value is -1.65. The Morgan fingerprint density at radius 3 is 2.29 bits per heavy atom. The first-order valence-corrected chi connectivity index (χ1v) is 11.3. The lowest BCUT2D eigenvalue weighted by atomic mass is 9.85. The smallest absolute Gasteiger partial charge is 0.228 e. The van der Waals surface area contributed by atoms with Gasteiger partial charge in [-0.1, -0.05) is 44.2 Å². The molecule has 2 heterocycles. The Bertz CT molecular complexity index is 732. The summed E-state index contributed by atoms with van der Waals surface area (Å²) < 4.78 is 5.36. The van der Waals surface area contributed by atoms with E-state index in [1.807, 2.05) is 16.2 Å². The summed E-state index contributed by atoms with van der Waals surface area (Å²) in [5.74, 6) is 0.281. The molecule has 0 bridgehead atoms. The molecule has 1 fully saturated rings. The molecule has 2 aromatic rings. The number of morpholine rings is 1. The Kier molecular flexibility index (Phi) is 7.69. The monoisotopic (exact) mass is 399 g/mol. The molecule has 0 radical (unpaired) electrons. The van der Waals surface area contributed by atoms with Crippen molar-refractivity contribution in [2.75, 3.05) is 26.3 Å². The van der Waals surface area contributed by atoms with Crippen LogP contribution in [0, 0.1) is 5.41 Å². The van der Waals surface area contributed by atoms with Gasteiger partial charge in [-0.25, -0.2) is 0 Å². The van der Waals surface area contributed by atoms with E-state index in [-0.39, 0.29) is 11.3 Å². The van der Waals surface area contributed by atoms with Gasteiger partial charge in [-0.15, -0.1) is 11.3 Å². The number of hydrogen-bond donors (Lipinski definition) is 0. The molecule has 1 amide bonds. The Morgan fingerprint density at radius 1 is 0.964 bits per heavy atom. The van der Waals surface area contributed by atoms with Gasteiger partial charge in [-0.05, 0) is 56.2 Å². The number of benzene rings is 1. The number of amides is 1. The fraction of sp³-hybridized carbons (Fsp3) is 0.542.